The van der Waals surface area contributed by atoms with Crippen molar-refractivity contribution < 1.29 is 9.32 Å². The molecule has 2 amide bonds. The molecule has 1 N–H and O–H groups in total. The molecule has 0 atom stereocenters. The maximum Gasteiger partial charge on any atom is 0.321 e. The van der Waals surface area contributed by atoms with Gasteiger partial charge in [-0.25, -0.2) is 14.3 Å². The molecule has 0 saturated carbocycles. The van der Waals surface area contributed by atoms with Crippen molar-refractivity contribution in [1.29, 1.82) is 0 Å². The van der Waals surface area contributed by atoms with Crippen LogP contribution in [0.25, 0.3) is 17.1 Å². The van der Waals surface area contributed by atoms with Crippen LogP contribution in [-0.2, 0) is 6.54 Å². The van der Waals surface area contributed by atoms with Crippen LogP contribution in [0.15, 0.2) is 35.0 Å². The molecule has 0 aliphatic carbocycles. The molecule has 176 valence electrons. The molecular weight excluding hydrogens is 479 g/mol. The highest BCUT2D eigenvalue weighted by molar-refractivity contribution is 6.42. The molecule has 4 heterocycles. The van der Waals surface area contributed by atoms with Gasteiger partial charge in [0.05, 0.1) is 22.8 Å². The summed E-state index contributed by atoms with van der Waals surface area (Å²) in [4.78, 5) is 25.6. The van der Waals surface area contributed by atoms with Crippen LogP contribution < -0.4 is 5.32 Å². The highest BCUT2D eigenvalue weighted by atomic mass is 35.5. The first-order chi connectivity index (χ1) is 16.4. The minimum atomic E-state index is -0.175. The third-order valence-corrected chi connectivity index (χ3v) is 6.41. The van der Waals surface area contributed by atoms with E-state index in [0.717, 1.165) is 11.4 Å². The summed E-state index contributed by atoms with van der Waals surface area (Å²) in [5.41, 5.74) is 3.87. The van der Waals surface area contributed by atoms with Crippen molar-refractivity contribution in [2.75, 3.05) is 31.5 Å². The Hall–Kier alpha value is -3.21. The van der Waals surface area contributed by atoms with Crippen molar-refractivity contribution in [3.8, 4) is 11.5 Å². The normalized spacial score (nSPS) is 14.6. The molecule has 3 aromatic heterocycles. The maximum atomic E-state index is 12.6. The van der Waals surface area contributed by atoms with Gasteiger partial charge >= 0.3 is 6.03 Å². The lowest BCUT2D eigenvalue weighted by atomic mass is 10.3. The molecule has 1 aliphatic rings. The van der Waals surface area contributed by atoms with Gasteiger partial charge in [-0.3, -0.25) is 4.90 Å². The molecule has 1 aliphatic heterocycles. The van der Waals surface area contributed by atoms with E-state index in [2.05, 4.69) is 30.4 Å². The predicted octanol–water partition coefficient (Wildman–Crippen LogP) is 4.05. The first kappa shape index (κ1) is 22.6. The van der Waals surface area contributed by atoms with Crippen molar-refractivity contribution in [1.82, 2.24) is 34.5 Å². The number of fused-ring (bicyclic) bond motifs is 1. The number of urea groups is 1. The van der Waals surface area contributed by atoms with Gasteiger partial charge in [0.2, 0.25) is 0 Å². The van der Waals surface area contributed by atoms with Crippen molar-refractivity contribution in [2.45, 2.75) is 20.4 Å². The number of aryl methyl sites for hydroxylation is 2. The molecule has 0 unspecified atom stereocenters. The summed E-state index contributed by atoms with van der Waals surface area (Å²) in [6.07, 6.45) is 1.69. The molecule has 34 heavy (non-hydrogen) atoms. The van der Waals surface area contributed by atoms with Gasteiger partial charge in [0.25, 0.3) is 5.89 Å². The van der Waals surface area contributed by atoms with Gasteiger partial charge in [-0.15, -0.1) is 0 Å². The number of anilines is 1. The lowest BCUT2D eigenvalue weighted by molar-refractivity contribution is 0.140. The van der Waals surface area contributed by atoms with E-state index in [9.17, 15) is 4.79 Å². The largest absolute Gasteiger partial charge is 0.334 e. The van der Waals surface area contributed by atoms with Crippen LogP contribution in [0.5, 0.6) is 0 Å². The summed E-state index contributed by atoms with van der Waals surface area (Å²) in [6.45, 7) is 6.97. The molecule has 10 nitrogen and oxygen atoms in total. The second-order valence-corrected chi connectivity index (χ2v) is 8.98. The second-order valence-electron chi connectivity index (χ2n) is 8.17. The zero-order valence-electron chi connectivity index (χ0n) is 18.6. The average Bonchev–Trinajstić information content (AvgIpc) is 3.43. The number of carbonyl (C=O) groups excluding carboxylic acids is 1. The van der Waals surface area contributed by atoms with Crippen LogP contribution in [-0.4, -0.2) is 66.7 Å². The number of amides is 2. The SMILES string of the molecule is Cc1cc(C)n2ncc(-c3nc(CN4CCN(C(=O)Nc5ccc(Cl)c(Cl)c5)CC4)no3)c2n1. The average molecular weight is 501 g/mol. The first-order valence-electron chi connectivity index (χ1n) is 10.8. The third-order valence-electron chi connectivity index (χ3n) is 5.67. The molecule has 0 radical (unpaired) electrons. The molecule has 0 spiro atoms. The van der Waals surface area contributed by atoms with E-state index in [1.54, 1.807) is 33.8 Å². The van der Waals surface area contributed by atoms with Gasteiger partial charge in [0.15, 0.2) is 11.5 Å². The minimum Gasteiger partial charge on any atom is -0.334 e. The van der Waals surface area contributed by atoms with E-state index >= 15 is 0 Å². The second kappa shape index (κ2) is 9.21. The highest BCUT2D eigenvalue weighted by Crippen LogP contribution is 2.26. The molecule has 1 saturated heterocycles. The van der Waals surface area contributed by atoms with Gasteiger partial charge in [-0.05, 0) is 38.1 Å². The number of carbonyl (C=O) groups is 1. The molecule has 4 aromatic rings. The number of rotatable bonds is 4. The molecular formula is C22H22Cl2N8O2. The Morgan fingerprint density at radius 1 is 1.09 bits per heavy atom. The van der Waals surface area contributed by atoms with Crippen LogP contribution >= 0.6 is 23.2 Å². The van der Waals surface area contributed by atoms with Crippen LogP contribution in [0.4, 0.5) is 10.5 Å². The zero-order valence-corrected chi connectivity index (χ0v) is 20.1. The number of benzene rings is 1. The summed E-state index contributed by atoms with van der Waals surface area (Å²) in [5, 5.41) is 12.2. The Balaban J connectivity index is 1.19. The molecule has 12 heteroatoms. The number of piperazine rings is 1. The fourth-order valence-electron chi connectivity index (χ4n) is 3.93. The van der Waals surface area contributed by atoms with Crippen LogP contribution in [0.3, 0.4) is 0 Å². The fourth-order valence-corrected chi connectivity index (χ4v) is 4.23. The van der Waals surface area contributed by atoms with Gasteiger partial charge in [0, 0.05) is 43.3 Å². The number of hydrogen-bond donors (Lipinski definition) is 1. The monoisotopic (exact) mass is 500 g/mol. The van der Waals surface area contributed by atoms with Crippen molar-refractivity contribution in [3.63, 3.8) is 0 Å². The van der Waals surface area contributed by atoms with E-state index < -0.39 is 0 Å². The number of hydrogen-bond acceptors (Lipinski definition) is 7. The quantitative estimate of drug-likeness (QED) is 0.450. The zero-order chi connectivity index (χ0) is 23.8. The molecule has 1 aromatic carbocycles. The number of halogens is 2. The lowest BCUT2D eigenvalue weighted by Crippen LogP contribution is -2.49. The van der Waals surface area contributed by atoms with E-state index in [1.165, 1.54) is 0 Å². The Morgan fingerprint density at radius 2 is 1.88 bits per heavy atom. The van der Waals surface area contributed by atoms with Crippen molar-refractivity contribution >= 4 is 40.6 Å². The smallest absolute Gasteiger partial charge is 0.321 e. The Kier molecular flexibility index (Phi) is 6.11. The molecule has 1 fully saturated rings. The van der Waals surface area contributed by atoms with Crippen LogP contribution in [0, 0.1) is 13.8 Å². The minimum absolute atomic E-state index is 0.175. The molecule has 0 bridgehead atoms. The van der Waals surface area contributed by atoms with Gasteiger partial charge in [-0.2, -0.15) is 10.1 Å². The van der Waals surface area contributed by atoms with E-state index in [-0.39, 0.29) is 6.03 Å². The Labute approximate surface area is 205 Å². The van der Waals surface area contributed by atoms with Gasteiger partial charge in [-0.1, -0.05) is 28.4 Å². The maximum absolute atomic E-state index is 12.6. The lowest BCUT2D eigenvalue weighted by Gasteiger charge is -2.34. The summed E-state index contributed by atoms with van der Waals surface area (Å²) >= 11 is 12.0. The van der Waals surface area contributed by atoms with Crippen LogP contribution in [0.1, 0.15) is 17.2 Å². The number of aromatic nitrogens is 5. The first-order valence-corrected chi connectivity index (χ1v) is 11.5. The summed E-state index contributed by atoms with van der Waals surface area (Å²) < 4.78 is 7.26. The standard InChI is InChI=1S/C22H22Cl2N8O2/c1-13-9-14(2)32-20(26-13)16(11-25-32)21-28-19(29-34-21)12-30-5-7-31(8-6-30)22(33)27-15-3-4-17(23)18(24)10-15/h3-4,9-11H,5-8,12H2,1-2H3,(H,27,33). The number of nitrogens with one attached hydrogen (secondary N) is 1. The van der Waals surface area contributed by atoms with Gasteiger partial charge < -0.3 is 14.7 Å². The van der Waals surface area contributed by atoms with E-state index in [4.69, 9.17) is 27.7 Å². The third kappa shape index (κ3) is 4.56. The van der Waals surface area contributed by atoms with Crippen molar-refractivity contribution in [3.05, 3.63) is 57.7 Å². The van der Waals surface area contributed by atoms with E-state index in [1.807, 2.05) is 19.9 Å². The van der Waals surface area contributed by atoms with E-state index in [0.29, 0.717) is 71.4 Å². The summed E-state index contributed by atoms with van der Waals surface area (Å²) in [5.74, 6) is 0.967. The summed E-state index contributed by atoms with van der Waals surface area (Å²) in [6, 6.07) is 6.80. The fraction of sp³-hybridized carbons (Fsp3) is 0.318. The highest BCUT2D eigenvalue weighted by Gasteiger charge is 2.23. The van der Waals surface area contributed by atoms with Crippen molar-refractivity contribution in [2.24, 2.45) is 0 Å². The van der Waals surface area contributed by atoms with Crippen LogP contribution in [0.2, 0.25) is 10.0 Å². The topological polar surface area (TPSA) is 105 Å². The Bertz CT molecular complexity index is 1360. The van der Waals surface area contributed by atoms with Gasteiger partial charge in [0.1, 0.15) is 5.56 Å². The predicted molar refractivity (Wildman–Crippen MR) is 128 cm³/mol. The summed E-state index contributed by atoms with van der Waals surface area (Å²) in [7, 11) is 0. The Morgan fingerprint density at radius 3 is 2.65 bits per heavy atom. The number of nitrogens with zero attached hydrogens (tertiary/aromatic N) is 7. The molecule has 5 rings (SSSR count).